The summed E-state index contributed by atoms with van der Waals surface area (Å²) in [6.07, 6.45) is 1.04. The van der Waals surface area contributed by atoms with E-state index in [0.717, 1.165) is 17.7 Å². The zero-order valence-corrected chi connectivity index (χ0v) is 12.2. The van der Waals surface area contributed by atoms with Gasteiger partial charge in [0.2, 0.25) is 0 Å². The fourth-order valence-corrected chi connectivity index (χ4v) is 3.18. The van der Waals surface area contributed by atoms with Crippen LogP contribution >= 0.6 is 11.3 Å². The molecule has 4 heteroatoms. The van der Waals surface area contributed by atoms with Crippen LogP contribution in [-0.2, 0) is 4.79 Å². The van der Waals surface area contributed by atoms with E-state index in [4.69, 9.17) is 4.74 Å². The molecule has 1 aliphatic carbocycles. The lowest BCUT2D eigenvalue weighted by atomic mass is 10.2. The maximum atomic E-state index is 11.8. The van der Waals surface area contributed by atoms with Gasteiger partial charge in [-0.05, 0) is 42.5 Å². The molecule has 3 rings (SSSR count). The average Bonchev–Trinajstić information content (AvgIpc) is 2.98. The Bertz CT molecular complexity index is 594. The van der Waals surface area contributed by atoms with Crippen molar-refractivity contribution >= 4 is 17.2 Å². The van der Waals surface area contributed by atoms with E-state index in [2.05, 4.69) is 22.8 Å². The summed E-state index contributed by atoms with van der Waals surface area (Å²) in [5, 5.41) is 5.10. The summed E-state index contributed by atoms with van der Waals surface area (Å²) in [5.74, 6) is 1.19. The Hall–Kier alpha value is -1.81. The van der Waals surface area contributed by atoms with Crippen molar-refractivity contribution in [2.45, 2.75) is 25.3 Å². The van der Waals surface area contributed by atoms with Gasteiger partial charge in [0.05, 0.1) is 0 Å². The third-order valence-electron chi connectivity index (χ3n) is 3.40. The summed E-state index contributed by atoms with van der Waals surface area (Å²) in [6, 6.07) is 12.2. The van der Waals surface area contributed by atoms with Gasteiger partial charge < -0.3 is 10.1 Å². The molecule has 104 valence electrons. The van der Waals surface area contributed by atoms with Gasteiger partial charge in [0.25, 0.3) is 5.91 Å². The number of aryl methyl sites for hydroxylation is 1. The molecular weight excluding hydrogens is 270 g/mol. The van der Waals surface area contributed by atoms with Gasteiger partial charge in [-0.3, -0.25) is 4.79 Å². The third-order valence-corrected chi connectivity index (χ3v) is 4.41. The van der Waals surface area contributed by atoms with E-state index >= 15 is 0 Å². The Balaban J connectivity index is 1.45. The van der Waals surface area contributed by atoms with Gasteiger partial charge in [-0.1, -0.05) is 18.2 Å². The second kappa shape index (κ2) is 5.67. The first-order valence-electron chi connectivity index (χ1n) is 6.74. The van der Waals surface area contributed by atoms with E-state index < -0.39 is 0 Å². The minimum Gasteiger partial charge on any atom is -0.484 e. The lowest BCUT2D eigenvalue weighted by molar-refractivity contribution is -0.123. The molecule has 20 heavy (non-hydrogen) atoms. The minimum absolute atomic E-state index is 0.0458. The summed E-state index contributed by atoms with van der Waals surface area (Å²) in [6.45, 7) is 2.08. The number of nitrogens with one attached hydrogen (secondary N) is 1. The molecule has 1 N–H and O–H groups in total. The summed E-state index contributed by atoms with van der Waals surface area (Å²) in [5.41, 5.74) is 1.13. The number of benzene rings is 1. The first-order valence-corrected chi connectivity index (χ1v) is 7.62. The van der Waals surface area contributed by atoms with Crippen molar-refractivity contribution in [2.24, 2.45) is 0 Å². The van der Waals surface area contributed by atoms with Crippen LogP contribution < -0.4 is 10.1 Å². The Kier molecular flexibility index (Phi) is 3.74. The Labute approximate surface area is 122 Å². The topological polar surface area (TPSA) is 38.3 Å². The van der Waals surface area contributed by atoms with Crippen molar-refractivity contribution in [1.82, 2.24) is 5.32 Å². The predicted molar refractivity (Wildman–Crippen MR) is 80.3 cm³/mol. The SMILES string of the molecule is Cc1cccc(OCC(=O)NC2CC2c2cccs2)c1. The van der Waals surface area contributed by atoms with Crippen molar-refractivity contribution in [3.8, 4) is 5.75 Å². The molecule has 1 aromatic heterocycles. The molecule has 2 aromatic rings. The Morgan fingerprint density at radius 3 is 3.05 bits per heavy atom. The van der Waals surface area contributed by atoms with Gasteiger partial charge in [-0.25, -0.2) is 0 Å². The molecule has 3 nitrogen and oxygen atoms in total. The highest BCUT2D eigenvalue weighted by Gasteiger charge is 2.40. The highest BCUT2D eigenvalue weighted by molar-refractivity contribution is 7.10. The van der Waals surface area contributed by atoms with Crippen LogP contribution in [0.1, 0.15) is 22.8 Å². The molecule has 0 aliphatic heterocycles. The van der Waals surface area contributed by atoms with E-state index in [0.29, 0.717) is 5.92 Å². The number of carbonyl (C=O) groups is 1. The van der Waals surface area contributed by atoms with Crippen molar-refractivity contribution in [3.05, 3.63) is 52.2 Å². The van der Waals surface area contributed by atoms with Crippen LogP contribution in [0.3, 0.4) is 0 Å². The van der Waals surface area contributed by atoms with E-state index in [1.807, 2.05) is 31.2 Å². The largest absolute Gasteiger partial charge is 0.484 e. The Morgan fingerprint density at radius 2 is 2.30 bits per heavy atom. The number of amides is 1. The normalized spacial score (nSPS) is 20.4. The van der Waals surface area contributed by atoms with E-state index in [9.17, 15) is 4.79 Å². The first kappa shape index (κ1) is 13.2. The molecular formula is C16H17NO2S. The van der Waals surface area contributed by atoms with Gasteiger partial charge in [0.15, 0.2) is 6.61 Å². The molecule has 1 fully saturated rings. The quantitative estimate of drug-likeness (QED) is 0.917. The van der Waals surface area contributed by atoms with Crippen molar-refractivity contribution < 1.29 is 9.53 Å². The molecule has 1 heterocycles. The molecule has 1 saturated carbocycles. The molecule has 0 spiro atoms. The zero-order valence-electron chi connectivity index (χ0n) is 11.3. The fraction of sp³-hybridized carbons (Fsp3) is 0.312. The van der Waals surface area contributed by atoms with Gasteiger partial charge in [0.1, 0.15) is 5.75 Å². The fourth-order valence-electron chi connectivity index (χ4n) is 2.27. The van der Waals surface area contributed by atoms with Gasteiger partial charge in [-0.2, -0.15) is 0 Å². The van der Waals surface area contributed by atoms with Crippen LogP contribution in [0.5, 0.6) is 5.75 Å². The van der Waals surface area contributed by atoms with E-state index in [1.54, 1.807) is 11.3 Å². The highest BCUT2D eigenvalue weighted by atomic mass is 32.1. The highest BCUT2D eigenvalue weighted by Crippen LogP contribution is 2.42. The maximum absolute atomic E-state index is 11.8. The molecule has 2 atom stereocenters. The van der Waals surface area contributed by atoms with Gasteiger partial charge in [0, 0.05) is 16.8 Å². The number of rotatable bonds is 5. The molecule has 0 bridgehead atoms. The minimum atomic E-state index is -0.0458. The van der Waals surface area contributed by atoms with Crippen LogP contribution in [-0.4, -0.2) is 18.6 Å². The first-order chi connectivity index (χ1) is 9.72. The van der Waals surface area contributed by atoms with Crippen molar-refractivity contribution in [3.63, 3.8) is 0 Å². The van der Waals surface area contributed by atoms with Crippen LogP contribution in [0.15, 0.2) is 41.8 Å². The molecule has 0 radical (unpaired) electrons. The standard InChI is InChI=1S/C16H17NO2S/c1-11-4-2-5-12(8-11)19-10-16(18)17-14-9-13(14)15-6-3-7-20-15/h2-8,13-14H,9-10H2,1H3,(H,17,18). The molecule has 2 unspecified atom stereocenters. The van der Waals surface area contributed by atoms with Crippen LogP contribution in [0.2, 0.25) is 0 Å². The lowest BCUT2D eigenvalue weighted by Crippen LogP contribution is -2.31. The number of ether oxygens (including phenoxy) is 1. The van der Waals surface area contributed by atoms with E-state index in [1.165, 1.54) is 4.88 Å². The van der Waals surface area contributed by atoms with Gasteiger partial charge >= 0.3 is 0 Å². The van der Waals surface area contributed by atoms with Crippen LogP contribution in [0.25, 0.3) is 0 Å². The Morgan fingerprint density at radius 1 is 1.40 bits per heavy atom. The third kappa shape index (κ3) is 3.20. The molecule has 1 aromatic carbocycles. The van der Waals surface area contributed by atoms with Crippen LogP contribution in [0.4, 0.5) is 0 Å². The van der Waals surface area contributed by atoms with Gasteiger partial charge in [-0.15, -0.1) is 11.3 Å². The van der Waals surface area contributed by atoms with Crippen LogP contribution in [0, 0.1) is 6.92 Å². The summed E-state index contributed by atoms with van der Waals surface area (Å²) in [4.78, 5) is 13.2. The number of thiophene rings is 1. The molecule has 1 aliphatic rings. The number of hydrogen-bond donors (Lipinski definition) is 1. The number of carbonyl (C=O) groups excluding carboxylic acids is 1. The molecule has 0 saturated heterocycles. The zero-order chi connectivity index (χ0) is 13.9. The summed E-state index contributed by atoms with van der Waals surface area (Å²) < 4.78 is 5.49. The maximum Gasteiger partial charge on any atom is 0.258 e. The summed E-state index contributed by atoms with van der Waals surface area (Å²) in [7, 11) is 0. The number of hydrogen-bond acceptors (Lipinski definition) is 3. The second-order valence-corrected chi connectivity index (χ2v) is 6.12. The van der Waals surface area contributed by atoms with Crippen molar-refractivity contribution in [2.75, 3.05) is 6.61 Å². The van der Waals surface area contributed by atoms with E-state index in [-0.39, 0.29) is 18.6 Å². The van der Waals surface area contributed by atoms with Crippen molar-refractivity contribution in [1.29, 1.82) is 0 Å². The predicted octanol–water partition coefficient (Wildman–Crippen LogP) is 3.11. The average molecular weight is 287 g/mol. The lowest BCUT2D eigenvalue weighted by Gasteiger charge is -2.07. The summed E-state index contributed by atoms with van der Waals surface area (Å²) >= 11 is 1.75. The molecule has 1 amide bonds. The smallest absolute Gasteiger partial charge is 0.258 e. The monoisotopic (exact) mass is 287 g/mol. The second-order valence-electron chi connectivity index (χ2n) is 5.14.